The molecule has 0 N–H and O–H groups in total. The van der Waals surface area contributed by atoms with Crippen LogP contribution in [0.4, 0.5) is 0 Å². The number of carbonyl (C=O) groups excluding carboxylic acids is 2. The number of piperidine rings is 1. The van der Waals surface area contributed by atoms with E-state index in [1.54, 1.807) is 16.2 Å². The van der Waals surface area contributed by atoms with Crippen LogP contribution < -0.4 is 0 Å². The summed E-state index contributed by atoms with van der Waals surface area (Å²) >= 11 is 1.78. The second-order valence-electron chi connectivity index (χ2n) is 8.18. The number of nitrogens with zero attached hydrogens (tertiary/aromatic N) is 3. The van der Waals surface area contributed by atoms with Gasteiger partial charge in [-0.15, -0.1) is 11.3 Å². The first-order valence-electron chi connectivity index (χ1n) is 10.1. The molecular weight excluding hydrogens is 358 g/mol. The Hall–Kier alpha value is -1.79. The fraction of sp³-hybridized carbons (Fsp3) is 0.571. The van der Waals surface area contributed by atoms with Crippen LogP contribution in [0.25, 0.3) is 10.2 Å². The zero-order chi connectivity index (χ0) is 18.4. The highest BCUT2D eigenvalue weighted by molar-refractivity contribution is 7.18. The molecule has 3 fully saturated rings. The smallest absolute Gasteiger partial charge is 0.234 e. The Labute approximate surface area is 163 Å². The average Bonchev–Trinajstić information content (AvgIpc) is 3.24. The minimum absolute atomic E-state index is 0.0453. The summed E-state index contributed by atoms with van der Waals surface area (Å²) in [4.78, 5) is 34.2. The first kappa shape index (κ1) is 17.3. The van der Waals surface area contributed by atoms with Gasteiger partial charge in [0.2, 0.25) is 11.8 Å². The van der Waals surface area contributed by atoms with Gasteiger partial charge < -0.3 is 0 Å². The summed E-state index contributed by atoms with van der Waals surface area (Å²) in [5.41, 5.74) is 1.07. The van der Waals surface area contributed by atoms with Gasteiger partial charge in [-0.25, -0.2) is 4.98 Å². The van der Waals surface area contributed by atoms with Crippen molar-refractivity contribution in [1.29, 1.82) is 0 Å². The van der Waals surface area contributed by atoms with Crippen molar-refractivity contribution in [2.45, 2.75) is 44.4 Å². The standard InChI is InChI=1S/C21H25N3O2S/c25-20-15-7-1-2-8-16(15)21(26)24(20)13-23-11-5-6-14(12-23)19-22-17-9-3-4-10-18(17)27-19/h3-4,9-10,14-16H,1-2,5-8,11-13H2/t14-,15-,16+/m0/s1. The van der Waals surface area contributed by atoms with Crippen molar-refractivity contribution < 1.29 is 9.59 Å². The number of carbonyl (C=O) groups is 2. The highest BCUT2D eigenvalue weighted by atomic mass is 32.1. The van der Waals surface area contributed by atoms with Crippen LogP contribution in [0.2, 0.25) is 0 Å². The van der Waals surface area contributed by atoms with E-state index < -0.39 is 0 Å². The number of rotatable bonds is 3. The van der Waals surface area contributed by atoms with E-state index in [-0.39, 0.29) is 23.7 Å². The van der Waals surface area contributed by atoms with E-state index in [2.05, 4.69) is 23.1 Å². The molecule has 3 aliphatic rings. The number of hydrogen-bond acceptors (Lipinski definition) is 5. The normalized spacial score (nSPS) is 29.5. The molecule has 5 nitrogen and oxygen atoms in total. The number of hydrogen-bond donors (Lipinski definition) is 0. The van der Waals surface area contributed by atoms with Gasteiger partial charge in [0, 0.05) is 12.5 Å². The van der Waals surface area contributed by atoms with Crippen molar-refractivity contribution in [1.82, 2.24) is 14.8 Å². The molecule has 142 valence electrons. The van der Waals surface area contributed by atoms with Crippen LogP contribution in [0.3, 0.4) is 0 Å². The molecule has 5 rings (SSSR count). The summed E-state index contributed by atoms with van der Waals surface area (Å²) in [6.07, 6.45) is 6.15. The zero-order valence-electron chi connectivity index (χ0n) is 15.5. The van der Waals surface area contributed by atoms with E-state index in [9.17, 15) is 9.59 Å². The fourth-order valence-electron chi connectivity index (χ4n) is 5.02. The molecule has 3 atom stereocenters. The molecular formula is C21H25N3O2S. The Morgan fingerprint density at radius 2 is 1.74 bits per heavy atom. The fourth-order valence-corrected chi connectivity index (χ4v) is 6.11. The molecule has 0 bridgehead atoms. The molecule has 27 heavy (non-hydrogen) atoms. The van der Waals surface area contributed by atoms with Crippen molar-refractivity contribution in [2.24, 2.45) is 11.8 Å². The topological polar surface area (TPSA) is 53.5 Å². The van der Waals surface area contributed by atoms with Crippen molar-refractivity contribution in [3.05, 3.63) is 29.3 Å². The van der Waals surface area contributed by atoms with Crippen LogP contribution in [-0.4, -0.2) is 46.4 Å². The average molecular weight is 384 g/mol. The number of likely N-dealkylation sites (tertiary alicyclic amines) is 2. The second kappa shape index (κ2) is 6.99. The number of aromatic nitrogens is 1. The maximum absolute atomic E-state index is 12.8. The van der Waals surface area contributed by atoms with Crippen LogP contribution >= 0.6 is 11.3 Å². The molecule has 0 spiro atoms. The molecule has 2 amide bonds. The summed E-state index contributed by atoms with van der Waals surface area (Å²) in [6, 6.07) is 8.28. The van der Waals surface area contributed by atoms with Crippen LogP contribution in [0, 0.1) is 11.8 Å². The van der Waals surface area contributed by atoms with Gasteiger partial charge in [-0.3, -0.25) is 19.4 Å². The summed E-state index contributed by atoms with van der Waals surface area (Å²) in [7, 11) is 0. The van der Waals surface area contributed by atoms with E-state index in [1.165, 1.54) is 9.71 Å². The van der Waals surface area contributed by atoms with E-state index in [0.717, 1.165) is 57.1 Å². The molecule has 2 saturated heterocycles. The minimum Gasteiger partial charge on any atom is -0.285 e. The molecule has 1 aromatic carbocycles. The number of thiazole rings is 1. The summed E-state index contributed by atoms with van der Waals surface area (Å²) in [6.45, 7) is 2.30. The predicted molar refractivity (Wildman–Crippen MR) is 105 cm³/mol. The first-order chi connectivity index (χ1) is 13.2. The Morgan fingerprint density at radius 3 is 2.48 bits per heavy atom. The minimum atomic E-state index is -0.0453. The number of imide groups is 1. The Balaban J connectivity index is 1.30. The van der Waals surface area contributed by atoms with Gasteiger partial charge in [-0.2, -0.15) is 0 Å². The molecule has 6 heteroatoms. The van der Waals surface area contributed by atoms with Crippen LogP contribution in [0.15, 0.2) is 24.3 Å². The van der Waals surface area contributed by atoms with Gasteiger partial charge >= 0.3 is 0 Å². The quantitative estimate of drug-likeness (QED) is 0.760. The Morgan fingerprint density at radius 1 is 1.00 bits per heavy atom. The Kier molecular flexibility index (Phi) is 4.48. The first-order valence-corrected chi connectivity index (χ1v) is 11.0. The van der Waals surface area contributed by atoms with Crippen LogP contribution in [0.5, 0.6) is 0 Å². The molecule has 0 unspecified atom stereocenters. The lowest BCUT2D eigenvalue weighted by Gasteiger charge is -2.34. The lowest BCUT2D eigenvalue weighted by Crippen LogP contribution is -2.45. The number of fused-ring (bicyclic) bond motifs is 2. The highest BCUT2D eigenvalue weighted by Crippen LogP contribution is 2.39. The maximum Gasteiger partial charge on any atom is 0.234 e. The third kappa shape index (κ3) is 3.09. The van der Waals surface area contributed by atoms with E-state index in [1.807, 2.05) is 6.07 Å². The number of para-hydroxylation sites is 1. The largest absolute Gasteiger partial charge is 0.285 e. The van der Waals surface area contributed by atoms with Gasteiger partial charge in [-0.05, 0) is 44.4 Å². The summed E-state index contributed by atoms with van der Waals surface area (Å²) < 4.78 is 1.23. The lowest BCUT2D eigenvalue weighted by atomic mass is 9.81. The van der Waals surface area contributed by atoms with E-state index in [4.69, 9.17) is 4.98 Å². The second-order valence-corrected chi connectivity index (χ2v) is 9.24. The molecule has 1 saturated carbocycles. The molecule has 1 aliphatic carbocycles. The number of amides is 2. The van der Waals surface area contributed by atoms with Gasteiger partial charge in [0.25, 0.3) is 0 Å². The Bertz CT molecular complexity index is 822. The summed E-state index contributed by atoms with van der Waals surface area (Å²) in [5.74, 6) is 0.456. The van der Waals surface area contributed by atoms with E-state index in [0.29, 0.717) is 12.6 Å². The SMILES string of the molecule is O=C1[C@H]2CCCC[C@H]2C(=O)N1CN1CCC[C@H](c2nc3ccccc3s2)C1. The monoisotopic (exact) mass is 383 g/mol. The maximum atomic E-state index is 12.8. The third-order valence-electron chi connectivity index (χ3n) is 6.44. The van der Waals surface area contributed by atoms with Crippen molar-refractivity contribution in [3.63, 3.8) is 0 Å². The van der Waals surface area contributed by atoms with Gasteiger partial charge in [0.15, 0.2) is 0 Å². The van der Waals surface area contributed by atoms with Crippen molar-refractivity contribution in [3.8, 4) is 0 Å². The van der Waals surface area contributed by atoms with Gasteiger partial charge in [0.1, 0.15) is 0 Å². The molecule has 3 heterocycles. The molecule has 0 radical (unpaired) electrons. The van der Waals surface area contributed by atoms with Crippen LogP contribution in [0.1, 0.15) is 49.5 Å². The van der Waals surface area contributed by atoms with Gasteiger partial charge in [0.05, 0.1) is 33.7 Å². The zero-order valence-corrected chi connectivity index (χ0v) is 16.3. The molecule has 2 aromatic rings. The van der Waals surface area contributed by atoms with Crippen molar-refractivity contribution >= 4 is 33.4 Å². The highest BCUT2D eigenvalue weighted by Gasteiger charge is 2.48. The van der Waals surface area contributed by atoms with Crippen LogP contribution in [-0.2, 0) is 9.59 Å². The molecule has 1 aromatic heterocycles. The predicted octanol–water partition coefficient (Wildman–Crippen LogP) is 3.61. The summed E-state index contributed by atoms with van der Waals surface area (Å²) in [5, 5.41) is 1.19. The number of benzene rings is 1. The lowest BCUT2D eigenvalue weighted by molar-refractivity contribution is -0.142. The third-order valence-corrected chi connectivity index (χ3v) is 7.64. The van der Waals surface area contributed by atoms with E-state index >= 15 is 0 Å². The van der Waals surface area contributed by atoms with Gasteiger partial charge in [-0.1, -0.05) is 25.0 Å². The molecule has 2 aliphatic heterocycles. The van der Waals surface area contributed by atoms with Crippen molar-refractivity contribution in [2.75, 3.05) is 19.8 Å².